The molecule has 0 saturated carbocycles. The van der Waals surface area contributed by atoms with Crippen LogP contribution < -0.4 is 4.90 Å². The van der Waals surface area contributed by atoms with Crippen molar-refractivity contribution < 1.29 is 9.18 Å². The Balaban J connectivity index is 1.38. The predicted molar refractivity (Wildman–Crippen MR) is 102 cm³/mol. The number of fused-ring (bicyclic) bond motifs is 1. The van der Waals surface area contributed by atoms with Gasteiger partial charge < -0.3 is 4.90 Å². The zero-order valence-corrected chi connectivity index (χ0v) is 15.0. The molecular formula is C22H25FN2O. The molecule has 0 aromatic heterocycles. The van der Waals surface area contributed by atoms with E-state index in [1.54, 1.807) is 6.07 Å². The Morgan fingerprint density at radius 2 is 1.73 bits per heavy atom. The second kappa shape index (κ2) is 7.58. The maximum Gasteiger partial charge on any atom is 0.230 e. The summed E-state index contributed by atoms with van der Waals surface area (Å²) in [7, 11) is 0. The van der Waals surface area contributed by atoms with Gasteiger partial charge in [-0.05, 0) is 56.5 Å². The molecule has 136 valence electrons. The molecule has 2 aromatic carbocycles. The molecule has 4 rings (SSSR count). The molecule has 0 radical (unpaired) electrons. The molecule has 1 amide bonds. The molecule has 2 aromatic rings. The van der Waals surface area contributed by atoms with E-state index in [2.05, 4.69) is 17.0 Å². The van der Waals surface area contributed by atoms with Gasteiger partial charge in [-0.1, -0.05) is 36.4 Å². The summed E-state index contributed by atoms with van der Waals surface area (Å²) in [6.07, 6.45) is 3.80. The van der Waals surface area contributed by atoms with Crippen LogP contribution in [0.4, 0.5) is 10.1 Å². The van der Waals surface area contributed by atoms with Gasteiger partial charge in [0.2, 0.25) is 5.91 Å². The van der Waals surface area contributed by atoms with Gasteiger partial charge in [-0.2, -0.15) is 0 Å². The van der Waals surface area contributed by atoms with Crippen molar-refractivity contribution in [3.8, 4) is 0 Å². The van der Waals surface area contributed by atoms with Crippen molar-refractivity contribution in [1.29, 1.82) is 0 Å². The first-order valence-electron chi connectivity index (χ1n) is 9.57. The second-order valence-corrected chi connectivity index (χ2v) is 7.36. The highest BCUT2D eigenvalue weighted by molar-refractivity contribution is 5.96. The van der Waals surface area contributed by atoms with Gasteiger partial charge in [0, 0.05) is 30.3 Å². The Kier molecular flexibility index (Phi) is 5.02. The van der Waals surface area contributed by atoms with E-state index < -0.39 is 0 Å². The van der Waals surface area contributed by atoms with Crippen molar-refractivity contribution in [3.63, 3.8) is 0 Å². The summed E-state index contributed by atoms with van der Waals surface area (Å²) in [4.78, 5) is 17.3. The smallest absolute Gasteiger partial charge is 0.230 e. The molecule has 26 heavy (non-hydrogen) atoms. The number of carbonyl (C=O) groups excluding carboxylic acids is 1. The van der Waals surface area contributed by atoms with E-state index in [0.29, 0.717) is 6.54 Å². The van der Waals surface area contributed by atoms with Gasteiger partial charge in [0.1, 0.15) is 5.82 Å². The van der Waals surface area contributed by atoms with Crippen LogP contribution in [0.2, 0.25) is 0 Å². The molecular weight excluding hydrogens is 327 g/mol. The maximum atomic E-state index is 13.8. The van der Waals surface area contributed by atoms with Gasteiger partial charge in [0.05, 0.1) is 0 Å². The molecule has 2 aliphatic heterocycles. The monoisotopic (exact) mass is 352 g/mol. The standard InChI is InChI=1S/C22H25FN2O/c23-20-9-3-1-7-19(20)16-24-14-11-18(12-15-24)22(26)25-13-5-8-17-6-2-4-10-21(17)25/h1-4,6-7,9-10,18H,5,8,11-16H2. The molecule has 2 aliphatic rings. The van der Waals surface area contributed by atoms with Crippen molar-refractivity contribution in [2.45, 2.75) is 32.2 Å². The molecule has 0 spiro atoms. The third-order valence-electron chi connectivity index (χ3n) is 5.66. The number of para-hydroxylation sites is 1. The predicted octanol–water partition coefficient (Wildman–Crippen LogP) is 4.02. The van der Waals surface area contributed by atoms with Gasteiger partial charge in [-0.15, -0.1) is 0 Å². The van der Waals surface area contributed by atoms with Gasteiger partial charge in [0.15, 0.2) is 0 Å². The van der Waals surface area contributed by atoms with E-state index in [-0.39, 0.29) is 17.6 Å². The summed E-state index contributed by atoms with van der Waals surface area (Å²) in [5.41, 5.74) is 3.11. The number of anilines is 1. The lowest BCUT2D eigenvalue weighted by molar-refractivity contribution is -0.123. The minimum atomic E-state index is -0.143. The summed E-state index contributed by atoms with van der Waals surface area (Å²) >= 11 is 0. The number of amides is 1. The number of likely N-dealkylation sites (tertiary alicyclic amines) is 1. The number of nitrogens with zero attached hydrogens (tertiary/aromatic N) is 2. The zero-order valence-electron chi connectivity index (χ0n) is 15.0. The van der Waals surface area contributed by atoms with Crippen LogP contribution in [0.1, 0.15) is 30.4 Å². The average molecular weight is 352 g/mol. The van der Waals surface area contributed by atoms with Crippen LogP contribution >= 0.6 is 0 Å². The largest absolute Gasteiger partial charge is 0.312 e. The molecule has 0 N–H and O–H groups in total. The fourth-order valence-corrected chi connectivity index (χ4v) is 4.19. The SMILES string of the molecule is O=C(C1CCN(Cc2ccccc2F)CC1)N1CCCc2ccccc21. The second-order valence-electron chi connectivity index (χ2n) is 7.36. The summed E-state index contributed by atoms with van der Waals surface area (Å²) < 4.78 is 13.8. The normalized spacial score (nSPS) is 18.6. The Morgan fingerprint density at radius 3 is 2.54 bits per heavy atom. The lowest BCUT2D eigenvalue weighted by atomic mass is 9.93. The minimum absolute atomic E-state index is 0.0815. The molecule has 3 nitrogen and oxygen atoms in total. The number of aryl methyl sites for hydroxylation is 1. The number of halogens is 1. The first-order chi connectivity index (χ1) is 12.7. The van der Waals surface area contributed by atoms with E-state index in [1.165, 1.54) is 11.6 Å². The third kappa shape index (κ3) is 3.51. The molecule has 1 fully saturated rings. The Labute approximate surface area is 154 Å². The lowest BCUT2D eigenvalue weighted by Crippen LogP contribution is -2.44. The minimum Gasteiger partial charge on any atom is -0.312 e. The topological polar surface area (TPSA) is 23.6 Å². The average Bonchev–Trinajstić information content (AvgIpc) is 2.69. The fraction of sp³-hybridized carbons (Fsp3) is 0.409. The Bertz CT molecular complexity index is 783. The van der Waals surface area contributed by atoms with E-state index in [9.17, 15) is 9.18 Å². The zero-order chi connectivity index (χ0) is 17.9. The highest BCUT2D eigenvalue weighted by Crippen LogP contribution is 2.30. The lowest BCUT2D eigenvalue weighted by Gasteiger charge is -2.36. The van der Waals surface area contributed by atoms with E-state index in [4.69, 9.17) is 0 Å². The quantitative estimate of drug-likeness (QED) is 0.833. The highest BCUT2D eigenvalue weighted by atomic mass is 19.1. The number of hydrogen-bond donors (Lipinski definition) is 0. The Morgan fingerprint density at radius 1 is 1.00 bits per heavy atom. The maximum absolute atomic E-state index is 13.8. The number of piperidine rings is 1. The molecule has 0 atom stereocenters. The van der Waals surface area contributed by atoms with Crippen LogP contribution in [0.5, 0.6) is 0 Å². The number of benzene rings is 2. The number of hydrogen-bond acceptors (Lipinski definition) is 2. The molecule has 0 unspecified atom stereocenters. The molecule has 2 heterocycles. The molecule has 0 aliphatic carbocycles. The van der Waals surface area contributed by atoms with Gasteiger partial charge >= 0.3 is 0 Å². The van der Waals surface area contributed by atoms with Crippen LogP contribution in [-0.4, -0.2) is 30.4 Å². The summed E-state index contributed by atoms with van der Waals surface area (Å²) in [6.45, 7) is 3.14. The van der Waals surface area contributed by atoms with Crippen LogP contribution in [0.15, 0.2) is 48.5 Å². The Hall–Kier alpha value is -2.20. The van der Waals surface area contributed by atoms with Gasteiger partial charge in [-0.25, -0.2) is 4.39 Å². The third-order valence-corrected chi connectivity index (χ3v) is 5.66. The summed E-state index contributed by atoms with van der Waals surface area (Å²) in [5.74, 6) is 0.205. The summed E-state index contributed by atoms with van der Waals surface area (Å²) in [5, 5.41) is 0. The molecule has 4 heteroatoms. The van der Waals surface area contributed by atoms with Crippen molar-refractivity contribution in [3.05, 3.63) is 65.5 Å². The molecule has 0 bridgehead atoms. The van der Waals surface area contributed by atoms with E-state index in [0.717, 1.165) is 56.6 Å². The van der Waals surface area contributed by atoms with Crippen LogP contribution in [0.25, 0.3) is 0 Å². The van der Waals surface area contributed by atoms with Crippen molar-refractivity contribution in [2.24, 2.45) is 5.92 Å². The van der Waals surface area contributed by atoms with Crippen LogP contribution in [-0.2, 0) is 17.8 Å². The molecule has 1 saturated heterocycles. The van der Waals surface area contributed by atoms with E-state index >= 15 is 0 Å². The van der Waals surface area contributed by atoms with Gasteiger partial charge in [0.25, 0.3) is 0 Å². The van der Waals surface area contributed by atoms with Gasteiger partial charge in [-0.3, -0.25) is 9.69 Å². The number of rotatable bonds is 3. The van der Waals surface area contributed by atoms with E-state index in [1.807, 2.05) is 29.2 Å². The van der Waals surface area contributed by atoms with Crippen molar-refractivity contribution in [1.82, 2.24) is 4.90 Å². The van der Waals surface area contributed by atoms with Crippen LogP contribution in [0.3, 0.4) is 0 Å². The number of carbonyl (C=O) groups is 1. The first kappa shape index (κ1) is 17.2. The van der Waals surface area contributed by atoms with Crippen molar-refractivity contribution in [2.75, 3.05) is 24.5 Å². The highest BCUT2D eigenvalue weighted by Gasteiger charge is 2.31. The summed E-state index contributed by atoms with van der Waals surface area (Å²) in [6, 6.07) is 15.2. The fourth-order valence-electron chi connectivity index (χ4n) is 4.19. The van der Waals surface area contributed by atoms with Crippen molar-refractivity contribution >= 4 is 11.6 Å². The van der Waals surface area contributed by atoms with Crippen LogP contribution in [0, 0.1) is 11.7 Å². The first-order valence-corrected chi connectivity index (χ1v) is 9.57.